The predicted octanol–water partition coefficient (Wildman–Crippen LogP) is 2.96. The first-order chi connectivity index (χ1) is 9.33. The smallest absolute Gasteiger partial charge is 0.383 e. The number of aliphatic hydroxyl groups is 1. The molecule has 3 nitrogen and oxygen atoms in total. The molecule has 0 aliphatic heterocycles. The summed E-state index contributed by atoms with van der Waals surface area (Å²) in [6.07, 6.45) is -7.23. The average molecular weight is 289 g/mol. The van der Waals surface area contributed by atoms with Crippen LogP contribution < -0.4 is 5.32 Å². The lowest BCUT2D eigenvalue weighted by atomic mass is 10.0. The zero-order valence-electron chi connectivity index (χ0n) is 11.2. The summed E-state index contributed by atoms with van der Waals surface area (Å²) in [5.41, 5.74) is 0.853. The van der Waals surface area contributed by atoms with Crippen molar-refractivity contribution < 1.29 is 23.1 Å². The van der Waals surface area contributed by atoms with E-state index in [0.29, 0.717) is 6.42 Å². The van der Waals surface area contributed by atoms with Crippen molar-refractivity contribution in [2.24, 2.45) is 0 Å². The highest BCUT2D eigenvalue weighted by atomic mass is 19.4. The van der Waals surface area contributed by atoms with E-state index < -0.39 is 31.0 Å². The fourth-order valence-corrected chi connectivity index (χ4v) is 1.81. The molecule has 2 N–H and O–H groups in total. The van der Waals surface area contributed by atoms with Crippen molar-refractivity contribution in [3.63, 3.8) is 0 Å². The number of carbonyl (C=O) groups excluding carboxylic acids is 1. The number of aliphatic hydroxyl groups excluding tert-OH is 1. The van der Waals surface area contributed by atoms with Crippen LogP contribution in [0.5, 0.6) is 0 Å². The van der Waals surface area contributed by atoms with Crippen molar-refractivity contribution in [3.05, 3.63) is 35.9 Å². The highest BCUT2D eigenvalue weighted by Crippen LogP contribution is 2.23. The van der Waals surface area contributed by atoms with E-state index in [4.69, 9.17) is 0 Å². The van der Waals surface area contributed by atoms with Gasteiger partial charge in [-0.3, -0.25) is 4.79 Å². The van der Waals surface area contributed by atoms with E-state index >= 15 is 0 Å². The van der Waals surface area contributed by atoms with Gasteiger partial charge in [0.25, 0.3) is 0 Å². The minimum absolute atomic E-state index is 0.316. The SMILES string of the molecule is CC[C@@H](NC(=O)C(O)CCC(F)(F)F)c1ccccc1. The Hall–Kier alpha value is -1.56. The second-order valence-electron chi connectivity index (χ2n) is 4.55. The third kappa shape index (κ3) is 5.61. The highest BCUT2D eigenvalue weighted by molar-refractivity contribution is 5.80. The number of alkyl halides is 3. The van der Waals surface area contributed by atoms with Crippen LogP contribution in [0.1, 0.15) is 37.8 Å². The molecule has 2 atom stereocenters. The Kier molecular flexibility index (Phi) is 6.01. The number of hydrogen-bond acceptors (Lipinski definition) is 2. The van der Waals surface area contributed by atoms with E-state index in [9.17, 15) is 23.1 Å². The number of amides is 1. The van der Waals surface area contributed by atoms with Crippen molar-refractivity contribution in [2.45, 2.75) is 44.5 Å². The minimum Gasteiger partial charge on any atom is -0.383 e. The molecule has 0 aromatic heterocycles. The van der Waals surface area contributed by atoms with E-state index in [2.05, 4.69) is 5.32 Å². The van der Waals surface area contributed by atoms with Crippen molar-refractivity contribution in [1.82, 2.24) is 5.32 Å². The lowest BCUT2D eigenvalue weighted by Gasteiger charge is -2.20. The Morgan fingerprint density at radius 2 is 1.90 bits per heavy atom. The Morgan fingerprint density at radius 3 is 2.40 bits per heavy atom. The third-order valence-electron chi connectivity index (χ3n) is 2.93. The molecule has 1 rings (SSSR count). The zero-order valence-corrected chi connectivity index (χ0v) is 11.2. The van der Waals surface area contributed by atoms with Crippen LogP contribution in [-0.4, -0.2) is 23.3 Å². The summed E-state index contributed by atoms with van der Waals surface area (Å²) in [6.45, 7) is 1.85. The summed E-state index contributed by atoms with van der Waals surface area (Å²) >= 11 is 0. The molecule has 1 amide bonds. The fourth-order valence-electron chi connectivity index (χ4n) is 1.81. The summed E-state index contributed by atoms with van der Waals surface area (Å²) in [5, 5.41) is 12.0. The van der Waals surface area contributed by atoms with Crippen LogP contribution in [0.2, 0.25) is 0 Å². The monoisotopic (exact) mass is 289 g/mol. The average Bonchev–Trinajstić information content (AvgIpc) is 2.42. The van der Waals surface area contributed by atoms with Crippen LogP contribution >= 0.6 is 0 Å². The molecule has 0 aliphatic carbocycles. The Balaban J connectivity index is 2.55. The molecule has 112 valence electrons. The maximum atomic E-state index is 12.0. The van der Waals surface area contributed by atoms with Crippen LogP contribution in [0.3, 0.4) is 0 Å². The first kappa shape index (κ1) is 16.5. The Morgan fingerprint density at radius 1 is 1.30 bits per heavy atom. The van der Waals surface area contributed by atoms with Crippen LogP contribution in [0, 0.1) is 0 Å². The maximum Gasteiger partial charge on any atom is 0.389 e. The molecular weight excluding hydrogens is 271 g/mol. The van der Waals surface area contributed by atoms with Gasteiger partial charge in [0, 0.05) is 6.42 Å². The first-order valence-electron chi connectivity index (χ1n) is 6.43. The van der Waals surface area contributed by atoms with Crippen molar-refractivity contribution >= 4 is 5.91 Å². The predicted molar refractivity (Wildman–Crippen MR) is 68.9 cm³/mol. The van der Waals surface area contributed by atoms with Gasteiger partial charge >= 0.3 is 6.18 Å². The number of nitrogens with one attached hydrogen (secondary N) is 1. The second-order valence-corrected chi connectivity index (χ2v) is 4.55. The Bertz CT molecular complexity index is 420. The summed E-state index contributed by atoms with van der Waals surface area (Å²) in [6, 6.07) is 8.77. The molecule has 0 radical (unpaired) electrons. The highest BCUT2D eigenvalue weighted by Gasteiger charge is 2.30. The summed E-state index contributed by atoms with van der Waals surface area (Å²) in [7, 11) is 0. The third-order valence-corrected chi connectivity index (χ3v) is 2.93. The molecule has 20 heavy (non-hydrogen) atoms. The largest absolute Gasteiger partial charge is 0.389 e. The van der Waals surface area contributed by atoms with Gasteiger partial charge in [-0.15, -0.1) is 0 Å². The van der Waals surface area contributed by atoms with Gasteiger partial charge in [0.2, 0.25) is 5.91 Å². The van der Waals surface area contributed by atoms with Crippen LogP contribution in [0.15, 0.2) is 30.3 Å². The standard InChI is InChI=1S/C14H18F3NO2/c1-2-11(10-6-4-3-5-7-10)18-13(20)12(19)8-9-14(15,16)17/h3-7,11-12,19H,2,8-9H2,1H3,(H,18,20)/t11-,12?/m1/s1. The van der Waals surface area contributed by atoms with Gasteiger partial charge in [0.05, 0.1) is 6.04 Å². The van der Waals surface area contributed by atoms with E-state index in [-0.39, 0.29) is 6.04 Å². The normalized spacial score (nSPS) is 14.7. The topological polar surface area (TPSA) is 49.3 Å². The maximum absolute atomic E-state index is 12.0. The van der Waals surface area contributed by atoms with Gasteiger partial charge in [0.15, 0.2) is 0 Å². The van der Waals surface area contributed by atoms with Gasteiger partial charge < -0.3 is 10.4 Å². The minimum atomic E-state index is -4.37. The molecule has 0 heterocycles. The number of carbonyl (C=O) groups is 1. The van der Waals surface area contributed by atoms with Gasteiger partial charge in [-0.1, -0.05) is 37.3 Å². The molecule has 6 heteroatoms. The van der Waals surface area contributed by atoms with Gasteiger partial charge in [-0.25, -0.2) is 0 Å². The summed E-state index contributed by atoms with van der Waals surface area (Å²) in [4.78, 5) is 11.7. The second kappa shape index (κ2) is 7.28. The van der Waals surface area contributed by atoms with E-state index in [1.165, 1.54) is 0 Å². The van der Waals surface area contributed by atoms with Crippen LogP contribution in [0.4, 0.5) is 13.2 Å². The van der Waals surface area contributed by atoms with Crippen LogP contribution in [0.25, 0.3) is 0 Å². The van der Waals surface area contributed by atoms with Crippen molar-refractivity contribution in [2.75, 3.05) is 0 Å². The van der Waals surface area contributed by atoms with Gasteiger partial charge in [-0.2, -0.15) is 13.2 Å². The van der Waals surface area contributed by atoms with E-state index in [1.807, 2.05) is 37.3 Å². The molecule has 0 fully saturated rings. The zero-order chi connectivity index (χ0) is 15.2. The van der Waals surface area contributed by atoms with E-state index in [0.717, 1.165) is 5.56 Å². The lowest BCUT2D eigenvalue weighted by molar-refractivity contribution is -0.145. The number of benzene rings is 1. The molecule has 0 bridgehead atoms. The number of rotatable bonds is 6. The molecule has 1 aromatic rings. The van der Waals surface area contributed by atoms with Gasteiger partial charge in [0.1, 0.15) is 6.10 Å². The summed E-state index contributed by atoms with van der Waals surface area (Å²) in [5.74, 6) is -0.773. The number of hydrogen-bond donors (Lipinski definition) is 2. The molecule has 1 aromatic carbocycles. The van der Waals surface area contributed by atoms with Gasteiger partial charge in [-0.05, 0) is 18.4 Å². The van der Waals surface area contributed by atoms with Crippen LogP contribution in [-0.2, 0) is 4.79 Å². The lowest BCUT2D eigenvalue weighted by Crippen LogP contribution is -2.37. The molecule has 1 unspecified atom stereocenters. The molecule has 0 spiro atoms. The van der Waals surface area contributed by atoms with Crippen molar-refractivity contribution in [1.29, 1.82) is 0 Å². The first-order valence-corrected chi connectivity index (χ1v) is 6.43. The molecule has 0 aliphatic rings. The summed E-state index contributed by atoms with van der Waals surface area (Å²) < 4.78 is 36.1. The number of halogens is 3. The van der Waals surface area contributed by atoms with E-state index in [1.54, 1.807) is 0 Å². The molecular formula is C14H18F3NO2. The van der Waals surface area contributed by atoms with Crippen molar-refractivity contribution in [3.8, 4) is 0 Å². The Labute approximate surface area is 115 Å². The molecule has 0 saturated heterocycles. The molecule has 0 saturated carbocycles. The fraction of sp³-hybridized carbons (Fsp3) is 0.500. The quantitative estimate of drug-likeness (QED) is 0.846.